The van der Waals surface area contributed by atoms with Gasteiger partial charge in [0.25, 0.3) is 5.91 Å². The first-order valence-corrected chi connectivity index (χ1v) is 9.70. The highest BCUT2D eigenvalue weighted by Gasteiger charge is 2.30. The first-order chi connectivity index (χ1) is 13.0. The number of nitrogens with one attached hydrogen (secondary N) is 1. The summed E-state index contributed by atoms with van der Waals surface area (Å²) in [5, 5.41) is 3.19. The molecule has 1 heterocycles. The molecule has 1 amide bonds. The first-order valence-electron chi connectivity index (χ1n) is 9.70. The zero-order valence-corrected chi connectivity index (χ0v) is 16.8. The van der Waals surface area contributed by atoms with Crippen molar-refractivity contribution in [3.8, 4) is 5.75 Å². The van der Waals surface area contributed by atoms with Crippen molar-refractivity contribution in [2.45, 2.75) is 32.7 Å². The van der Waals surface area contributed by atoms with E-state index in [1.165, 1.54) is 5.56 Å². The molecular formula is C23H30N2O2. The molecule has 1 aliphatic rings. The normalized spacial score (nSPS) is 20.3. The molecule has 2 aromatic carbocycles. The van der Waals surface area contributed by atoms with E-state index in [2.05, 4.69) is 29.4 Å². The quantitative estimate of drug-likeness (QED) is 0.865. The number of nitrogens with zero attached hydrogens (tertiary/aromatic N) is 1. The van der Waals surface area contributed by atoms with Gasteiger partial charge in [-0.3, -0.25) is 9.69 Å². The Labute approximate surface area is 162 Å². The minimum Gasteiger partial charge on any atom is -0.497 e. The average Bonchev–Trinajstić information content (AvgIpc) is 2.68. The molecule has 1 saturated heterocycles. The fourth-order valence-electron chi connectivity index (χ4n) is 4.12. The van der Waals surface area contributed by atoms with Crippen molar-refractivity contribution in [2.75, 3.05) is 27.2 Å². The van der Waals surface area contributed by atoms with Crippen LogP contribution in [0.5, 0.6) is 5.75 Å². The molecule has 2 aromatic rings. The SMILES string of the molecule is COc1ccc(C2C(CNC(=O)c3cccc(C)c3C)CCCN2C)cc1. The molecule has 2 unspecified atom stereocenters. The number of rotatable bonds is 5. The number of piperidine rings is 1. The van der Waals surface area contributed by atoms with Crippen LogP contribution in [0.1, 0.15) is 45.9 Å². The van der Waals surface area contributed by atoms with E-state index in [9.17, 15) is 4.79 Å². The molecule has 0 aliphatic carbocycles. The monoisotopic (exact) mass is 366 g/mol. The molecule has 0 saturated carbocycles. The highest BCUT2D eigenvalue weighted by molar-refractivity contribution is 5.95. The second-order valence-electron chi connectivity index (χ2n) is 7.56. The van der Waals surface area contributed by atoms with Gasteiger partial charge in [0.05, 0.1) is 7.11 Å². The summed E-state index contributed by atoms with van der Waals surface area (Å²) in [5.74, 6) is 1.29. The van der Waals surface area contributed by atoms with Crippen molar-refractivity contribution in [2.24, 2.45) is 5.92 Å². The van der Waals surface area contributed by atoms with Gasteiger partial charge in [-0.05, 0) is 81.1 Å². The van der Waals surface area contributed by atoms with Crippen LogP contribution in [-0.4, -0.2) is 38.1 Å². The second-order valence-corrected chi connectivity index (χ2v) is 7.56. The van der Waals surface area contributed by atoms with Crippen LogP contribution in [-0.2, 0) is 0 Å². The van der Waals surface area contributed by atoms with E-state index in [0.29, 0.717) is 18.5 Å². The molecule has 1 fully saturated rings. The maximum absolute atomic E-state index is 12.7. The van der Waals surface area contributed by atoms with Crippen molar-refractivity contribution in [3.05, 3.63) is 64.7 Å². The first kappa shape index (κ1) is 19.4. The number of hydrogen-bond donors (Lipinski definition) is 1. The van der Waals surface area contributed by atoms with Gasteiger partial charge in [0, 0.05) is 18.2 Å². The third-order valence-electron chi connectivity index (χ3n) is 5.84. The second kappa shape index (κ2) is 8.57. The predicted molar refractivity (Wildman–Crippen MR) is 109 cm³/mol. The zero-order chi connectivity index (χ0) is 19.4. The fraction of sp³-hybridized carbons (Fsp3) is 0.435. The van der Waals surface area contributed by atoms with E-state index in [-0.39, 0.29) is 5.91 Å². The highest BCUT2D eigenvalue weighted by Crippen LogP contribution is 2.35. The van der Waals surface area contributed by atoms with E-state index in [1.54, 1.807) is 7.11 Å². The lowest BCUT2D eigenvalue weighted by Gasteiger charge is -2.39. The van der Waals surface area contributed by atoms with Gasteiger partial charge in [-0.15, -0.1) is 0 Å². The van der Waals surface area contributed by atoms with Crippen LogP contribution in [0.2, 0.25) is 0 Å². The molecule has 144 valence electrons. The molecule has 1 N–H and O–H groups in total. The van der Waals surface area contributed by atoms with Gasteiger partial charge < -0.3 is 10.1 Å². The molecule has 0 radical (unpaired) electrons. The Kier molecular flexibility index (Phi) is 6.17. The van der Waals surface area contributed by atoms with E-state index in [1.807, 2.05) is 44.2 Å². The Morgan fingerprint density at radius 1 is 1.19 bits per heavy atom. The van der Waals surface area contributed by atoms with Crippen molar-refractivity contribution in [1.29, 1.82) is 0 Å². The number of carbonyl (C=O) groups is 1. The smallest absolute Gasteiger partial charge is 0.251 e. The Bertz CT molecular complexity index is 785. The van der Waals surface area contributed by atoms with Crippen LogP contribution in [0.3, 0.4) is 0 Å². The number of amides is 1. The lowest BCUT2D eigenvalue weighted by Crippen LogP contribution is -2.41. The van der Waals surface area contributed by atoms with Crippen molar-refractivity contribution in [3.63, 3.8) is 0 Å². The van der Waals surface area contributed by atoms with E-state index >= 15 is 0 Å². The Hall–Kier alpha value is -2.33. The molecule has 3 rings (SSSR count). The third kappa shape index (κ3) is 4.33. The zero-order valence-electron chi connectivity index (χ0n) is 16.8. The average molecular weight is 367 g/mol. The fourth-order valence-corrected chi connectivity index (χ4v) is 4.12. The van der Waals surface area contributed by atoms with Crippen LogP contribution in [0.4, 0.5) is 0 Å². The Balaban J connectivity index is 1.73. The van der Waals surface area contributed by atoms with Gasteiger partial charge in [-0.2, -0.15) is 0 Å². The molecule has 2 atom stereocenters. The highest BCUT2D eigenvalue weighted by atomic mass is 16.5. The summed E-state index contributed by atoms with van der Waals surface area (Å²) in [6.07, 6.45) is 2.28. The Morgan fingerprint density at radius 3 is 2.63 bits per heavy atom. The van der Waals surface area contributed by atoms with Gasteiger partial charge in [-0.25, -0.2) is 0 Å². The number of likely N-dealkylation sites (tertiary alicyclic amines) is 1. The van der Waals surface area contributed by atoms with E-state index in [0.717, 1.165) is 41.8 Å². The number of carbonyl (C=O) groups excluding carboxylic acids is 1. The van der Waals surface area contributed by atoms with Crippen LogP contribution in [0.25, 0.3) is 0 Å². The lowest BCUT2D eigenvalue weighted by molar-refractivity contribution is 0.0890. The number of methoxy groups -OCH3 is 1. The predicted octanol–water partition coefficient (Wildman–Crippen LogP) is 4.12. The summed E-state index contributed by atoms with van der Waals surface area (Å²) < 4.78 is 5.29. The summed E-state index contributed by atoms with van der Waals surface area (Å²) in [7, 11) is 3.86. The summed E-state index contributed by atoms with van der Waals surface area (Å²) in [5.41, 5.74) is 4.27. The van der Waals surface area contributed by atoms with Gasteiger partial charge >= 0.3 is 0 Å². The third-order valence-corrected chi connectivity index (χ3v) is 5.84. The molecule has 1 aliphatic heterocycles. The Morgan fingerprint density at radius 2 is 1.93 bits per heavy atom. The van der Waals surface area contributed by atoms with E-state index in [4.69, 9.17) is 4.74 Å². The molecule has 0 bridgehead atoms. The molecule has 0 aromatic heterocycles. The minimum atomic E-state index is 0.0258. The summed E-state index contributed by atoms with van der Waals surface area (Å²) in [6.45, 7) is 5.83. The molecule has 0 spiro atoms. The largest absolute Gasteiger partial charge is 0.497 e. The van der Waals surface area contributed by atoms with Crippen LogP contribution < -0.4 is 10.1 Å². The number of benzene rings is 2. The standard InChI is InChI=1S/C23H30N2O2/c1-16-7-5-9-21(17(16)2)23(26)24-15-19-8-6-14-25(3)22(19)18-10-12-20(27-4)13-11-18/h5,7,9-13,19,22H,6,8,14-15H2,1-4H3,(H,24,26). The number of aryl methyl sites for hydroxylation is 1. The van der Waals surface area contributed by atoms with E-state index < -0.39 is 0 Å². The molecule has 4 heteroatoms. The summed E-state index contributed by atoms with van der Waals surface area (Å²) in [4.78, 5) is 15.1. The van der Waals surface area contributed by atoms with Crippen LogP contribution in [0.15, 0.2) is 42.5 Å². The lowest BCUT2D eigenvalue weighted by atomic mass is 9.84. The number of ether oxygens (including phenoxy) is 1. The minimum absolute atomic E-state index is 0.0258. The summed E-state index contributed by atoms with van der Waals surface area (Å²) >= 11 is 0. The van der Waals surface area contributed by atoms with Crippen molar-refractivity contribution >= 4 is 5.91 Å². The maximum Gasteiger partial charge on any atom is 0.251 e. The maximum atomic E-state index is 12.7. The van der Waals surface area contributed by atoms with Crippen LogP contribution >= 0.6 is 0 Å². The van der Waals surface area contributed by atoms with Crippen molar-refractivity contribution < 1.29 is 9.53 Å². The molecule has 4 nitrogen and oxygen atoms in total. The molecular weight excluding hydrogens is 336 g/mol. The van der Waals surface area contributed by atoms with Gasteiger partial charge in [0.1, 0.15) is 5.75 Å². The van der Waals surface area contributed by atoms with Gasteiger partial charge in [0.2, 0.25) is 0 Å². The van der Waals surface area contributed by atoms with Gasteiger partial charge in [0.15, 0.2) is 0 Å². The summed E-state index contributed by atoms with van der Waals surface area (Å²) in [6, 6.07) is 14.5. The topological polar surface area (TPSA) is 41.6 Å². The number of hydrogen-bond acceptors (Lipinski definition) is 3. The molecule has 27 heavy (non-hydrogen) atoms. The van der Waals surface area contributed by atoms with Gasteiger partial charge in [-0.1, -0.05) is 24.3 Å². The van der Waals surface area contributed by atoms with Crippen molar-refractivity contribution in [1.82, 2.24) is 10.2 Å². The van der Waals surface area contributed by atoms with Crippen LogP contribution in [0, 0.1) is 19.8 Å².